The topological polar surface area (TPSA) is 68.8 Å². The first-order chi connectivity index (χ1) is 8.90. The Kier molecular flexibility index (Phi) is 3.80. The zero-order chi connectivity index (χ0) is 14.2. The van der Waals surface area contributed by atoms with E-state index in [4.69, 9.17) is 5.73 Å². The lowest BCUT2D eigenvalue weighted by atomic mass is 10.1. The van der Waals surface area contributed by atoms with Gasteiger partial charge in [-0.3, -0.25) is 4.68 Å². The summed E-state index contributed by atoms with van der Waals surface area (Å²) in [6.07, 6.45) is 1.89. The largest absolute Gasteiger partial charge is 0.394 e. The maximum atomic E-state index is 6.17. The monoisotopic (exact) mass is 279 g/mol. The molecular weight excluding hydrogens is 258 g/mol. The van der Waals surface area contributed by atoms with Crippen molar-refractivity contribution in [3.05, 3.63) is 21.8 Å². The third-order valence-corrected chi connectivity index (χ3v) is 4.12. The summed E-state index contributed by atoms with van der Waals surface area (Å²) in [4.78, 5) is 5.61. The summed E-state index contributed by atoms with van der Waals surface area (Å²) in [5.74, 6) is 1.18. The number of nitrogens with two attached hydrogens (primary N) is 1. The highest BCUT2D eigenvalue weighted by molar-refractivity contribution is 7.11. The van der Waals surface area contributed by atoms with Crippen molar-refractivity contribution in [3.63, 3.8) is 0 Å². The molecule has 0 radical (unpaired) electrons. The van der Waals surface area contributed by atoms with Gasteiger partial charge in [-0.05, 0) is 19.8 Å². The molecule has 5 nitrogen and oxygen atoms in total. The van der Waals surface area contributed by atoms with Gasteiger partial charge in [0, 0.05) is 18.1 Å². The van der Waals surface area contributed by atoms with Gasteiger partial charge in [-0.25, -0.2) is 4.98 Å². The van der Waals surface area contributed by atoms with E-state index in [0.717, 1.165) is 22.2 Å². The maximum Gasteiger partial charge on any atom is 0.148 e. The summed E-state index contributed by atoms with van der Waals surface area (Å²) in [6, 6.07) is 0.122. The molecule has 0 aliphatic heterocycles. The molecule has 2 heterocycles. The number of nitrogens with one attached hydrogen (secondary N) is 1. The molecule has 2 aromatic rings. The highest BCUT2D eigenvalue weighted by atomic mass is 32.1. The van der Waals surface area contributed by atoms with Crippen LogP contribution >= 0.6 is 11.3 Å². The van der Waals surface area contributed by atoms with Crippen LogP contribution in [0.1, 0.15) is 48.3 Å². The van der Waals surface area contributed by atoms with Crippen LogP contribution in [0.15, 0.2) is 6.20 Å². The van der Waals surface area contributed by atoms with Crippen LogP contribution in [0.2, 0.25) is 0 Å². The Labute approximate surface area is 117 Å². The van der Waals surface area contributed by atoms with Gasteiger partial charge >= 0.3 is 0 Å². The highest BCUT2D eigenvalue weighted by Gasteiger charge is 2.18. The number of aromatic nitrogens is 3. The van der Waals surface area contributed by atoms with E-state index in [9.17, 15) is 0 Å². The van der Waals surface area contributed by atoms with E-state index in [1.165, 1.54) is 4.88 Å². The van der Waals surface area contributed by atoms with Gasteiger partial charge < -0.3 is 11.1 Å². The normalized spacial score (nSPS) is 12.9. The van der Waals surface area contributed by atoms with Crippen LogP contribution in [-0.2, 0) is 7.05 Å². The fourth-order valence-corrected chi connectivity index (χ4v) is 2.77. The van der Waals surface area contributed by atoms with Crippen LogP contribution in [0, 0.1) is 6.92 Å². The number of hydrogen-bond acceptors (Lipinski definition) is 5. The zero-order valence-corrected chi connectivity index (χ0v) is 12.9. The van der Waals surface area contributed by atoms with Crippen molar-refractivity contribution >= 4 is 22.8 Å². The molecule has 0 bridgehead atoms. The van der Waals surface area contributed by atoms with E-state index in [2.05, 4.69) is 43.1 Å². The standard InChI is InChI=1S/C13H21N5S/c1-7(2)11-10(14)12(18(5)17-11)16-9(4)13-15-6-8(3)19-13/h6-7,9,16H,14H2,1-5H3. The van der Waals surface area contributed by atoms with Gasteiger partial charge in [0.2, 0.25) is 0 Å². The smallest absolute Gasteiger partial charge is 0.148 e. The number of nitrogen functional groups attached to an aromatic ring is 1. The third-order valence-electron chi connectivity index (χ3n) is 3.02. The molecule has 1 unspecified atom stereocenters. The minimum atomic E-state index is 0.122. The Morgan fingerprint density at radius 2 is 2.05 bits per heavy atom. The van der Waals surface area contributed by atoms with Crippen molar-refractivity contribution < 1.29 is 0 Å². The maximum absolute atomic E-state index is 6.17. The average Bonchev–Trinajstić information content (AvgIpc) is 2.87. The predicted molar refractivity (Wildman–Crippen MR) is 80.6 cm³/mol. The van der Waals surface area contributed by atoms with Crippen LogP contribution in [0.25, 0.3) is 0 Å². The lowest BCUT2D eigenvalue weighted by Gasteiger charge is -2.13. The Bertz CT molecular complexity index is 570. The van der Waals surface area contributed by atoms with E-state index in [1.54, 1.807) is 11.3 Å². The zero-order valence-electron chi connectivity index (χ0n) is 12.1. The van der Waals surface area contributed by atoms with Gasteiger partial charge in [-0.1, -0.05) is 13.8 Å². The number of nitrogens with zero attached hydrogens (tertiary/aromatic N) is 3. The molecule has 2 aromatic heterocycles. The van der Waals surface area contributed by atoms with Crippen molar-refractivity contribution in [2.24, 2.45) is 7.05 Å². The second-order valence-corrected chi connectivity index (χ2v) is 6.37. The minimum Gasteiger partial charge on any atom is -0.394 e. The lowest BCUT2D eigenvalue weighted by molar-refractivity contribution is 0.708. The molecular formula is C13H21N5S. The third kappa shape index (κ3) is 2.73. The van der Waals surface area contributed by atoms with E-state index < -0.39 is 0 Å². The van der Waals surface area contributed by atoms with Crippen LogP contribution in [0.4, 0.5) is 11.5 Å². The molecule has 3 N–H and O–H groups in total. The number of aryl methyl sites for hydroxylation is 2. The molecule has 0 fully saturated rings. The van der Waals surface area contributed by atoms with Gasteiger partial charge in [0.05, 0.1) is 17.4 Å². The van der Waals surface area contributed by atoms with E-state index in [1.807, 2.05) is 17.9 Å². The van der Waals surface area contributed by atoms with Crippen LogP contribution in [0.3, 0.4) is 0 Å². The van der Waals surface area contributed by atoms with Crippen molar-refractivity contribution in [3.8, 4) is 0 Å². The number of hydrogen-bond donors (Lipinski definition) is 2. The van der Waals surface area contributed by atoms with E-state index >= 15 is 0 Å². The van der Waals surface area contributed by atoms with Gasteiger partial charge in [-0.15, -0.1) is 11.3 Å². The molecule has 0 aliphatic rings. The van der Waals surface area contributed by atoms with Crippen molar-refractivity contribution in [1.29, 1.82) is 0 Å². The molecule has 0 saturated heterocycles. The fourth-order valence-electron chi connectivity index (χ4n) is 2.00. The first kappa shape index (κ1) is 13.9. The summed E-state index contributed by atoms with van der Waals surface area (Å²) in [6.45, 7) is 8.33. The second-order valence-electron chi connectivity index (χ2n) is 5.10. The Hall–Kier alpha value is -1.56. The minimum absolute atomic E-state index is 0.122. The summed E-state index contributed by atoms with van der Waals surface area (Å²) in [7, 11) is 1.91. The highest BCUT2D eigenvalue weighted by Crippen LogP contribution is 2.31. The molecule has 19 heavy (non-hydrogen) atoms. The number of rotatable bonds is 4. The summed E-state index contributed by atoms with van der Waals surface area (Å²) >= 11 is 1.70. The molecule has 0 amide bonds. The Morgan fingerprint density at radius 3 is 2.53 bits per heavy atom. The SMILES string of the molecule is Cc1cnc(C(C)Nc2c(N)c(C(C)C)nn2C)s1. The van der Waals surface area contributed by atoms with Crippen molar-refractivity contribution in [1.82, 2.24) is 14.8 Å². The summed E-state index contributed by atoms with van der Waals surface area (Å²) < 4.78 is 1.81. The summed E-state index contributed by atoms with van der Waals surface area (Å²) in [5, 5.41) is 8.94. The average molecular weight is 279 g/mol. The van der Waals surface area contributed by atoms with Crippen molar-refractivity contribution in [2.45, 2.75) is 39.7 Å². The molecule has 0 aromatic carbocycles. The van der Waals surface area contributed by atoms with Crippen LogP contribution in [0.5, 0.6) is 0 Å². The molecule has 1 atom stereocenters. The lowest BCUT2D eigenvalue weighted by Crippen LogP contribution is -2.11. The molecule has 0 spiro atoms. The first-order valence-electron chi connectivity index (χ1n) is 6.41. The van der Waals surface area contributed by atoms with Gasteiger partial charge in [0.15, 0.2) is 0 Å². The van der Waals surface area contributed by atoms with E-state index in [-0.39, 0.29) is 6.04 Å². The predicted octanol–water partition coefficient (Wildman–Crippen LogP) is 3.06. The fraction of sp³-hybridized carbons (Fsp3) is 0.538. The van der Waals surface area contributed by atoms with Crippen molar-refractivity contribution in [2.75, 3.05) is 11.1 Å². The Morgan fingerprint density at radius 1 is 1.37 bits per heavy atom. The Balaban J connectivity index is 2.24. The molecule has 0 saturated carbocycles. The van der Waals surface area contributed by atoms with Gasteiger partial charge in [0.1, 0.15) is 10.8 Å². The molecule has 6 heteroatoms. The second kappa shape index (κ2) is 5.21. The quantitative estimate of drug-likeness (QED) is 0.902. The van der Waals surface area contributed by atoms with Crippen LogP contribution < -0.4 is 11.1 Å². The van der Waals surface area contributed by atoms with Crippen LogP contribution in [-0.4, -0.2) is 14.8 Å². The molecule has 0 aliphatic carbocycles. The van der Waals surface area contributed by atoms with Gasteiger partial charge in [0.25, 0.3) is 0 Å². The first-order valence-corrected chi connectivity index (χ1v) is 7.23. The number of thiazole rings is 1. The molecule has 104 valence electrons. The van der Waals surface area contributed by atoms with E-state index in [0.29, 0.717) is 5.92 Å². The molecule has 2 rings (SSSR count). The summed E-state index contributed by atoms with van der Waals surface area (Å²) in [5.41, 5.74) is 7.85. The van der Waals surface area contributed by atoms with Gasteiger partial charge in [-0.2, -0.15) is 5.10 Å². The number of anilines is 2.